The van der Waals surface area contributed by atoms with Gasteiger partial charge in [0.05, 0.1) is 0 Å². The summed E-state index contributed by atoms with van der Waals surface area (Å²) in [4.78, 5) is 12.0. The number of phenols is 1. The average molecular weight is 347 g/mol. The molecule has 0 bridgehead atoms. The van der Waals surface area contributed by atoms with Crippen LogP contribution in [0.2, 0.25) is 0 Å². The van der Waals surface area contributed by atoms with E-state index in [2.05, 4.69) is 5.32 Å². The molecule has 2 aromatic rings. The maximum absolute atomic E-state index is 12.0. The fourth-order valence-electron chi connectivity index (χ4n) is 2.14. The first-order valence-corrected chi connectivity index (χ1v) is 7.53. The zero-order chi connectivity index (χ0) is 18.3. The quantitative estimate of drug-likeness (QED) is 0.713. The molecule has 0 unspecified atom stereocenters. The lowest BCUT2D eigenvalue weighted by molar-refractivity contribution is -0.448. The molecule has 0 aromatic heterocycles. The van der Waals surface area contributed by atoms with Gasteiger partial charge in [-0.3, -0.25) is 19.0 Å². The van der Waals surface area contributed by atoms with Crippen LogP contribution in [0.4, 0.5) is 0 Å². The molecule has 7 heteroatoms. The molecular formula is C18H21NO6. The molecule has 7 nitrogen and oxygen atoms in total. The predicted molar refractivity (Wildman–Crippen MR) is 90.1 cm³/mol. The minimum absolute atomic E-state index is 0.115. The highest BCUT2D eigenvalue weighted by Gasteiger charge is 2.34. The molecule has 2 aromatic carbocycles. The second-order valence-electron chi connectivity index (χ2n) is 5.07. The lowest BCUT2D eigenvalue weighted by Gasteiger charge is -2.28. The fourth-order valence-corrected chi connectivity index (χ4v) is 2.14. The molecule has 2 rings (SSSR count). The van der Waals surface area contributed by atoms with Crippen molar-refractivity contribution < 1.29 is 28.8 Å². The Balaban J connectivity index is 2.03. The topological polar surface area (TPSA) is 86.3 Å². The maximum Gasteiger partial charge on any atom is 0.460 e. The molecule has 0 radical (unpaired) electrons. The van der Waals surface area contributed by atoms with E-state index in [4.69, 9.17) is 18.9 Å². The monoisotopic (exact) mass is 347 g/mol. The number of carbonyl (C=O) groups is 1. The Kier molecular flexibility index (Phi) is 6.35. The number of aromatic hydroxyl groups is 1. The normalized spacial score (nSPS) is 11.2. The van der Waals surface area contributed by atoms with E-state index in [1.54, 1.807) is 30.3 Å². The summed E-state index contributed by atoms with van der Waals surface area (Å²) in [5, 5.41) is 12.9. The smallest absolute Gasteiger partial charge is 0.460 e. The standard InChI is InChI=1S/C18H21NO6/c1-22-18(23-2,24-3)25-16-10-9-13(11-15(16)20)12-19-17(21)14-7-5-4-6-8-14/h4-11,20H,12H2,1-3H3,(H,19,21). The minimum atomic E-state index is -1.75. The van der Waals surface area contributed by atoms with Crippen LogP contribution in [0.15, 0.2) is 48.5 Å². The number of methoxy groups -OCH3 is 3. The van der Waals surface area contributed by atoms with E-state index in [9.17, 15) is 9.90 Å². The first-order chi connectivity index (χ1) is 12.0. The van der Waals surface area contributed by atoms with Gasteiger partial charge in [-0.15, -0.1) is 0 Å². The molecule has 0 atom stereocenters. The second kappa shape index (κ2) is 8.48. The van der Waals surface area contributed by atoms with Gasteiger partial charge in [-0.25, -0.2) is 0 Å². The van der Waals surface area contributed by atoms with E-state index >= 15 is 0 Å². The van der Waals surface area contributed by atoms with E-state index < -0.39 is 6.16 Å². The molecule has 0 saturated carbocycles. The lowest BCUT2D eigenvalue weighted by atomic mass is 10.2. The molecule has 0 aliphatic rings. The Morgan fingerprint density at radius 3 is 2.24 bits per heavy atom. The summed E-state index contributed by atoms with van der Waals surface area (Å²) in [5.74, 6) is -0.219. The summed E-state index contributed by atoms with van der Waals surface area (Å²) in [6.07, 6.45) is -1.75. The maximum atomic E-state index is 12.0. The molecule has 134 valence electrons. The molecule has 25 heavy (non-hydrogen) atoms. The molecule has 0 spiro atoms. The van der Waals surface area contributed by atoms with Gasteiger partial charge in [-0.2, -0.15) is 0 Å². The highest BCUT2D eigenvalue weighted by molar-refractivity contribution is 5.94. The molecule has 0 fully saturated rings. The first-order valence-electron chi connectivity index (χ1n) is 7.53. The second-order valence-corrected chi connectivity index (χ2v) is 5.07. The molecular weight excluding hydrogens is 326 g/mol. The zero-order valence-corrected chi connectivity index (χ0v) is 14.3. The Hall–Kier alpha value is -2.61. The van der Waals surface area contributed by atoms with Crippen molar-refractivity contribution in [3.8, 4) is 11.5 Å². The van der Waals surface area contributed by atoms with Crippen molar-refractivity contribution >= 4 is 5.91 Å². The van der Waals surface area contributed by atoms with Crippen LogP contribution in [0.3, 0.4) is 0 Å². The van der Waals surface area contributed by atoms with Gasteiger partial charge in [0, 0.05) is 33.4 Å². The van der Waals surface area contributed by atoms with Crippen LogP contribution >= 0.6 is 0 Å². The van der Waals surface area contributed by atoms with Crippen LogP contribution < -0.4 is 10.1 Å². The van der Waals surface area contributed by atoms with Crippen molar-refractivity contribution in [1.29, 1.82) is 0 Å². The highest BCUT2D eigenvalue weighted by Crippen LogP contribution is 2.31. The molecule has 0 aliphatic heterocycles. The van der Waals surface area contributed by atoms with Gasteiger partial charge in [0.15, 0.2) is 11.5 Å². The SMILES string of the molecule is COC(OC)(OC)Oc1ccc(CNC(=O)c2ccccc2)cc1O. The molecule has 0 saturated heterocycles. The number of hydrogen-bond donors (Lipinski definition) is 2. The van der Waals surface area contributed by atoms with Crippen LogP contribution in [0.5, 0.6) is 11.5 Å². The highest BCUT2D eigenvalue weighted by atomic mass is 17.0. The number of rotatable bonds is 8. The predicted octanol–water partition coefficient (Wildman–Crippen LogP) is 2.25. The first kappa shape index (κ1) is 18.7. The summed E-state index contributed by atoms with van der Waals surface area (Å²) in [7, 11) is 4.03. The van der Waals surface area contributed by atoms with Crippen LogP contribution in [-0.4, -0.2) is 38.5 Å². The third-order valence-electron chi connectivity index (χ3n) is 3.50. The van der Waals surface area contributed by atoms with Crippen molar-refractivity contribution in [1.82, 2.24) is 5.32 Å². The van der Waals surface area contributed by atoms with Gasteiger partial charge in [-0.1, -0.05) is 24.3 Å². The van der Waals surface area contributed by atoms with Crippen molar-refractivity contribution in [3.05, 3.63) is 59.7 Å². The van der Waals surface area contributed by atoms with E-state index in [-0.39, 0.29) is 24.0 Å². The van der Waals surface area contributed by atoms with Crippen LogP contribution in [0.1, 0.15) is 15.9 Å². The van der Waals surface area contributed by atoms with E-state index in [0.29, 0.717) is 11.1 Å². The van der Waals surface area contributed by atoms with Crippen molar-refractivity contribution in [2.75, 3.05) is 21.3 Å². The average Bonchev–Trinajstić information content (AvgIpc) is 2.66. The number of nitrogens with one attached hydrogen (secondary N) is 1. The minimum Gasteiger partial charge on any atom is -0.504 e. The summed E-state index contributed by atoms with van der Waals surface area (Å²) in [6.45, 7) is 0.255. The summed E-state index contributed by atoms with van der Waals surface area (Å²) in [6, 6.07) is 13.6. The van der Waals surface area contributed by atoms with Crippen molar-refractivity contribution in [2.24, 2.45) is 0 Å². The van der Waals surface area contributed by atoms with Crippen LogP contribution in [-0.2, 0) is 20.8 Å². The molecule has 1 amide bonds. The zero-order valence-electron chi connectivity index (χ0n) is 14.3. The summed E-state index contributed by atoms with van der Waals surface area (Å²) < 4.78 is 20.5. The number of hydrogen-bond acceptors (Lipinski definition) is 6. The van der Waals surface area contributed by atoms with Crippen LogP contribution in [0, 0.1) is 0 Å². The number of ether oxygens (including phenoxy) is 4. The molecule has 0 aliphatic carbocycles. The van der Waals surface area contributed by atoms with Gasteiger partial charge in [-0.05, 0) is 29.8 Å². The van der Waals surface area contributed by atoms with E-state index in [1.165, 1.54) is 33.5 Å². The fraction of sp³-hybridized carbons (Fsp3) is 0.278. The molecule has 2 N–H and O–H groups in total. The Labute approximate surface area is 146 Å². The van der Waals surface area contributed by atoms with Crippen molar-refractivity contribution in [3.63, 3.8) is 0 Å². The van der Waals surface area contributed by atoms with Gasteiger partial charge in [0.25, 0.3) is 5.91 Å². The Bertz CT molecular complexity index is 692. The number of benzene rings is 2. The Morgan fingerprint density at radius 2 is 1.68 bits per heavy atom. The van der Waals surface area contributed by atoms with Gasteiger partial charge in [0.2, 0.25) is 0 Å². The molecule has 0 heterocycles. The van der Waals surface area contributed by atoms with E-state index in [1.807, 2.05) is 6.07 Å². The van der Waals surface area contributed by atoms with Gasteiger partial charge in [0.1, 0.15) is 0 Å². The van der Waals surface area contributed by atoms with Crippen LogP contribution in [0.25, 0.3) is 0 Å². The largest absolute Gasteiger partial charge is 0.504 e. The van der Waals surface area contributed by atoms with Gasteiger partial charge >= 0.3 is 6.16 Å². The summed E-state index contributed by atoms with van der Waals surface area (Å²) >= 11 is 0. The number of amides is 1. The number of phenolic OH excluding ortho intramolecular Hbond substituents is 1. The van der Waals surface area contributed by atoms with Crippen molar-refractivity contribution in [2.45, 2.75) is 12.7 Å². The van der Waals surface area contributed by atoms with E-state index in [0.717, 1.165) is 0 Å². The summed E-state index contributed by atoms with van der Waals surface area (Å²) in [5.41, 5.74) is 1.27. The Morgan fingerprint density at radius 1 is 1.04 bits per heavy atom. The third-order valence-corrected chi connectivity index (χ3v) is 3.50. The van der Waals surface area contributed by atoms with Gasteiger partial charge < -0.3 is 15.2 Å². The number of carbonyl (C=O) groups excluding carboxylic acids is 1. The third kappa shape index (κ3) is 4.69. The lowest BCUT2D eigenvalue weighted by Crippen LogP contribution is -2.42.